The van der Waals surface area contributed by atoms with E-state index in [-0.39, 0.29) is 12.3 Å². The summed E-state index contributed by atoms with van der Waals surface area (Å²) >= 11 is 0. The number of carboxylic acids is 1. The van der Waals surface area contributed by atoms with Crippen molar-refractivity contribution in [1.82, 2.24) is 5.32 Å². The molecule has 0 spiro atoms. The lowest BCUT2D eigenvalue weighted by atomic mass is 9.94. The van der Waals surface area contributed by atoms with Gasteiger partial charge in [-0.25, -0.2) is 0 Å². The lowest BCUT2D eigenvalue weighted by molar-refractivity contribution is -0.137. The van der Waals surface area contributed by atoms with Gasteiger partial charge in [-0.2, -0.15) is 0 Å². The number of amides is 1. The molecule has 1 rings (SSSR count). The topological polar surface area (TPSA) is 66.4 Å². The molecule has 1 atom stereocenters. The quantitative estimate of drug-likeness (QED) is 0.630. The molecule has 0 aromatic carbocycles. The van der Waals surface area contributed by atoms with Gasteiger partial charge in [-0.05, 0) is 37.5 Å². The summed E-state index contributed by atoms with van der Waals surface area (Å²) in [6.07, 6.45) is 7.05. The van der Waals surface area contributed by atoms with Gasteiger partial charge in [0.25, 0.3) is 0 Å². The van der Waals surface area contributed by atoms with Crippen molar-refractivity contribution in [2.75, 3.05) is 6.54 Å². The van der Waals surface area contributed by atoms with Gasteiger partial charge in [0.1, 0.15) is 0 Å². The highest BCUT2D eigenvalue weighted by molar-refractivity contribution is 5.76. The molecule has 0 aromatic rings. The molecule has 1 saturated carbocycles. The molecule has 4 nitrogen and oxygen atoms in total. The Bertz CT molecular complexity index is 274. The summed E-state index contributed by atoms with van der Waals surface area (Å²) < 4.78 is 0. The average molecular weight is 255 g/mol. The zero-order valence-electron chi connectivity index (χ0n) is 11.3. The predicted octanol–water partition coefficient (Wildman–Crippen LogP) is 2.57. The summed E-state index contributed by atoms with van der Waals surface area (Å²) in [4.78, 5) is 22.0. The molecule has 18 heavy (non-hydrogen) atoms. The number of carbonyl (C=O) groups excluding carboxylic acids is 1. The van der Waals surface area contributed by atoms with Crippen LogP contribution in [0.25, 0.3) is 0 Å². The maximum atomic E-state index is 11.5. The summed E-state index contributed by atoms with van der Waals surface area (Å²) in [5.41, 5.74) is 0. The van der Waals surface area contributed by atoms with Gasteiger partial charge < -0.3 is 10.4 Å². The molecule has 0 bridgehead atoms. The summed E-state index contributed by atoms with van der Waals surface area (Å²) in [5.74, 6) is 0.482. The zero-order chi connectivity index (χ0) is 13.4. The third-order valence-electron chi connectivity index (χ3n) is 3.51. The van der Waals surface area contributed by atoms with Gasteiger partial charge in [-0.3, -0.25) is 9.59 Å². The van der Waals surface area contributed by atoms with Crippen molar-refractivity contribution in [3.05, 3.63) is 0 Å². The molecule has 0 saturated heterocycles. The summed E-state index contributed by atoms with van der Waals surface area (Å²) in [6, 6.07) is 0. The first kappa shape index (κ1) is 15.0. The number of rotatable bonds is 10. The van der Waals surface area contributed by atoms with Crippen LogP contribution < -0.4 is 5.32 Å². The van der Waals surface area contributed by atoms with E-state index in [4.69, 9.17) is 5.11 Å². The SMILES string of the molecule is CCCC(CCNC(=O)CC1CC1)CCC(=O)O. The highest BCUT2D eigenvalue weighted by atomic mass is 16.4. The van der Waals surface area contributed by atoms with Crippen LogP contribution in [-0.4, -0.2) is 23.5 Å². The number of carbonyl (C=O) groups is 2. The van der Waals surface area contributed by atoms with Crippen molar-refractivity contribution < 1.29 is 14.7 Å². The Morgan fingerprint density at radius 1 is 1.28 bits per heavy atom. The third kappa shape index (κ3) is 7.30. The number of nitrogens with one attached hydrogen (secondary N) is 1. The fourth-order valence-electron chi connectivity index (χ4n) is 2.24. The molecule has 0 radical (unpaired) electrons. The van der Waals surface area contributed by atoms with Crippen molar-refractivity contribution in [3.8, 4) is 0 Å². The number of aliphatic carboxylic acids is 1. The Kier molecular flexibility index (Phi) is 6.76. The van der Waals surface area contributed by atoms with E-state index in [0.29, 0.717) is 24.8 Å². The van der Waals surface area contributed by atoms with Crippen molar-refractivity contribution in [2.45, 2.75) is 58.3 Å². The second kappa shape index (κ2) is 8.11. The molecule has 104 valence electrons. The second-order valence-corrected chi connectivity index (χ2v) is 5.37. The van der Waals surface area contributed by atoms with Gasteiger partial charge >= 0.3 is 5.97 Å². The van der Waals surface area contributed by atoms with E-state index < -0.39 is 5.97 Å². The monoisotopic (exact) mass is 255 g/mol. The van der Waals surface area contributed by atoms with Crippen LogP contribution in [0.5, 0.6) is 0 Å². The van der Waals surface area contributed by atoms with E-state index in [1.54, 1.807) is 0 Å². The molecule has 2 N–H and O–H groups in total. The zero-order valence-corrected chi connectivity index (χ0v) is 11.3. The molecule has 1 aliphatic rings. The maximum Gasteiger partial charge on any atom is 0.303 e. The molecular formula is C14H25NO3. The first-order chi connectivity index (χ1) is 8.61. The average Bonchev–Trinajstić information content (AvgIpc) is 3.09. The molecule has 1 amide bonds. The fraction of sp³-hybridized carbons (Fsp3) is 0.857. The Hall–Kier alpha value is -1.06. The highest BCUT2D eigenvalue weighted by Crippen LogP contribution is 2.32. The minimum Gasteiger partial charge on any atom is -0.481 e. The van der Waals surface area contributed by atoms with Crippen LogP contribution >= 0.6 is 0 Å². The maximum absolute atomic E-state index is 11.5. The Morgan fingerprint density at radius 2 is 2.00 bits per heavy atom. The molecule has 1 unspecified atom stereocenters. The van der Waals surface area contributed by atoms with Gasteiger partial charge in [-0.15, -0.1) is 0 Å². The van der Waals surface area contributed by atoms with Gasteiger partial charge in [-0.1, -0.05) is 19.8 Å². The molecular weight excluding hydrogens is 230 g/mol. The highest BCUT2D eigenvalue weighted by Gasteiger charge is 2.24. The Balaban J connectivity index is 2.10. The van der Waals surface area contributed by atoms with Crippen molar-refractivity contribution >= 4 is 11.9 Å². The molecule has 1 fully saturated rings. The van der Waals surface area contributed by atoms with Crippen LogP contribution in [0.1, 0.15) is 58.3 Å². The number of carboxylic acid groups (broad SMARTS) is 1. The lowest BCUT2D eigenvalue weighted by Gasteiger charge is -2.15. The van der Waals surface area contributed by atoms with Crippen LogP contribution in [0.2, 0.25) is 0 Å². The van der Waals surface area contributed by atoms with Crippen LogP contribution in [0.4, 0.5) is 0 Å². The third-order valence-corrected chi connectivity index (χ3v) is 3.51. The lowest BCUT2D eigenvalue weighted by Crippen LogP contribution is -2.26. The van der Waals surface area contributed by atoms with Gasteiger partial charge in [0, 0.05) is 19.4 Å². The van der Waals surface area contributed by atoms with Crippen LogP contribution in [0, 0.1) is 11.8 Å². The predicted molar refractivity (Wildman–Crippen MR) is 70.2 cm³/mol. The van der Waals surface area contributed by atoms with Crippen molar-refractivity contribution in [2.24, 2.45) is 11.8 Å². The Labute approximate surface area is 109 Å². The number of hydrogen-bond acceptors (Lipinski definition) is 2. The minimum atomic E-state index is -0.728. The molecule has 0 aliphatic heterocycles. The number of hydrogen-bond donors (Lipinski definition) is 2. The summed E-state index contributed by atoms with van der Waals surface area (Å²) in [6.45, 7) is 2.80. The molecule has 0 heterocycles. The van der Waals surface area contributed by atoms with E-state index in [1.165, 1.54) is 12.8 Å². The van der Waals surface area contributed by atoms with E-state index in [1.807, 2.05) is 0 Å². The van der Waals surface area contributed by atoms with E-state index in [9.17, 15) is 9.59 Å². The minimum absolute atomic E-state index is 0.158. The van der Waals surface area contributed by atoms with E-state index in [0.717, 1.165) is 25.7 Å². The first-order valence-electron chi connectivity index (χ1n) is 7.10. The van der Waals surface area contributed by atoms with Crippen molar-refractivity contribution in [3.63, 3.8) is 0 Å². The largest absolute Gasteiger partial charge is 0.481 e. The molecule has 1 aliphatic carbocycles. The van der Waals surface area contributed by atoms with Crippen LogP contribution in [0.3, 0.4) is 0 Å². The summed E-state index contributed by atoms with van der Waals surface area (Å²) in [7, 11) is 0. The van der Waals surface area contributed by atoms with Crippen molar-refractivity contribution in [1.29, 1.82) is 0 Å². The standard InChI is InChI=1S/C14H25NO3/c1-2-3-11(6-7-14(17)18)8-9-15-13(16)10-12-4-5-12/h11-12H,2-10H2,1H3,(H,15,16)(H,17,18). The van der Waals surface area contributed by atoms with Gasteiger partial charge in [0.2, 0.25) is 5.91 Å². The normalized spacial score (nSPS) is 16.3. The van der Waals surface area contributed by atoms with E-state index >= 15 is 0 Å². The smallest absolute Gasteiger partial charge is 0.303 e. The second-order valence-electron chi connectivity index (χ2n) is 5.37. The van der Waals surface area contributed by atoms with Crippen LogP contribution in [-0.2, 0) is 9.59 Å². The molecule has 0 aromatic heterocycles. The first-order valence-corrected chi connectivity index (χ1v) is 7.10. The van der Waals surface area contributed by atoms with Crippen LogP contribution in [0.15, 0.2) is 0 Å². The Morgan fingerprint density at radius 3 is 2.56 bits per heavy atom. The molecule has 4 heteroatoms. The van der Waals surface area contributed by atoms with E-state index in [2.05, 4.69) is 12.2 Å². The fourth-order valence-corrected chi connectivity index (χ4v) is 2.24. The van der Waals surface area contributed by atoms with Gasteiger partial charge in [0.05, 0.1) is 0 Å². The van der Waals surface area contributed by atoms with Gasteiger partial charge in [0.15, 0.2) is 0 Å². The summed E-state index contributed by atoms with van der Waals surface area (Å²) in [5, 5.41) is 11.6.